The predicted octanol–water partition coefficient (Wildman–Crippen LogP) is 34.2. The minimum absolute atomic E-state index is 0.115. The Morgan fingerprint density at radius 3 is 1.05 bits per heavy atom. The van der Waals surface area contributed by atoms with E-state index in [4.69, 9.17) is 43.2 Å². The molecule has 0 aliphatic carbocycles. The molecule has 0 spiro atoms. The molecule has 0 radical (unpaired) electrons. The Kier molecular flexibility index (Phi) is 25.0. The first-order valence-electron chi connectivity index (χ1n) is 46.1. The zero-order chi connectivity index (χ0) is 93.1. The standard InChI is InChI=1S/C26H22N2O.C24H20N2O.C24H20N2S.C20H12N2O.C20H12N2S.2C3H8/c1-26(2,3)25-27-22(24-23(28-25)20-11-7-8-12-21(20)29-24)19-15-13-18(14-16-19)17-9-5-4-6-10-17;2*1-24(2,3)23-25-20(17-13-8-10-15-9-4-5-11-16(15)17)22-21(26-23)18-12-6-7-14-19(18)27-22;2*1-2-6-14-11-15(10-9-13(14)5-1)18-20-19(22-12-21-18)16-7-3-4-8-17(16)23-20;2*1-3-2/h4-16H,1-3H3;2*4-14H,1-3H3;2*1-12H;2*3H2,1-2H3. The van der Waals surface area contributed by atoms with Crippen LogP contribution in [0.2, 0.25) is 0 Å². The SMILES string of the molecule is CC(C)(C)c1nc(-c2ccc(-c3ccccc3)cc2)c2oc3ccccc3c2n1.CC(C)(C)c1nc(-c2cccc3ccccc23)c2oc3ccccc3c2n1.CC(C)(C)c1nc(-c2cccc3ccccc23)c2sc3ccccc3c2n1.CCC.CCC.c1ccc2cc(-c3ncnc4c3oc3ccccc34)ccc2c1.c1ccc2cc(-c3ncnc4c3sc3ccccc34)ccc2c1. The van der Waals surface area contributed by atoms with Gasteiger partial charge in [-0.1, -0.05) is 388 Å². The van der Waals surface area contributed by atoms with Crippen LogP contribution in [-0.4, -0.2) is 49.8 Å². The Morgan fingerprint density at radius 1 is 0.230 bits per heavy atom. The van der Waals surface area contributed by atoms with Crippen LogP contribution in [0.3, 0.4) is 0 Å². The lowest BCUT2D eigenvalue weighted by molar-refractivity contribution is 0.547. The molecule has 10 heterocycles. The Labute approximate surface area is 792 Å². The maximum Gasteiger partial charge on any atom is 0.180 e. The van der Waals surface area contributed by atoms with Crippen LogP contribution in [0.25, 0.3) is 217 Å². The maximum atomic E-state index is 6.23. The van der Waals surface area contributed by atoms with Gasteiger partial charge in [0.25, 0.3) is 0 Å². The number of hydrogen-bond acceptors (Lipinski definition) is 15. The number of fused-ring (bicyclic) bond motifs is 19. The summed E-state index contributed by atoms with van der Waals surface area (Å²) >= 11 is 3.55. The molecule has 15 aromatic carbocycles. The van der Waals surface area contributed by atoms with E-state index in [-0.39, 0.29) is 16.2 Å². The maximum absolute atomic E-state index is 6.23. The van der Waals surface area contributed by atoms with Gasteiger partial charge in [0, 0.05) is 80.4 Å². The molecule has 0 aliphatic heterocycles. The van der Waals surface area contributed by atoms with Crippen molar-refractivity contribution in [2.45, 2.75) is 119 Å². The second-order valence-electron chi connectivity index (χ2n) is 36.8. The fourth-order valence-electron chi connectivity index (χ4n) is 16.8. The molecule has 0 atom stereocenters. The smallest absolute Gasteiger partial charge is 0.180 e. The topological polar surface area (TPSA) is 168 Å². The molecular formula is C120H102N10O3S2. The van der Waals surface area contributed by atoms with E-state index in [0.29, 0.717) is 0 Å². The number of thiophene rings is 2. The first-order valence-corrected chi connectivity index (χ1v) is 47.8. The Bertz CT molecular complexity index is 8240. The quantitative estimate of drug-likeness (QED) is 0.154. The molecule has 25 rings (SSSR count). The lowest BCUT2D eigenvalue weighted by atomic mass is 9.94. The summed E-state index contributed by atoms with van der Waals surface area (Å²) in [5.41, 5.74) is 21.5. The molecule has 0 N–H and O–H groups in total. The normalized spacial score (nSPS) is 11.7. The van der Waals surface area contributed by atoms with Crippen LogP contribution in [0.4, 0.5) is 0 Å². The molecule has 15 heteroatoms. The lowest BCUT2D eigenvalue weighted by Gasteiger charge is -2.18. The number of rotatable bonds is 6. The zero-order valence-electron chi connectivity index (χ0n) is 78.0. The average molecular weight is 1800 g/mol. The average Bonchev–Trinajstić information content (AvgIpc) is 1.64. The van der Waals surface area contributed by atoms with E-state index in [2.05, 4.69) is 377 Å². The Balaban J connectivity index is 0.000000107. The lowest BCUT2D eigenvalue weighted by Crippen LogP contribution is -2.16. The minimum atomic E-state index is -0.161. The van der Waals surface area contributed by atoms with Crippen molar-refractivity contribution in [1.29, 1.82) is 0 Å². The van der Waals surface area contributed by atoms with Gasteiger partial charge < -0.3 is 13.3 Å². The summed E-state index contributed by atoms with van der Waals surface area (Å²) in [6, 6.07) is 119. The second kappa shape index (κ2) is 38.0. The van der Waals surface area contributed by atoms with Crippen molar-refractivity contribution in [3.05, 3.63) is 376 Å². The van der Waals surface area contributed by atoms with Gasteiger partial charge in [-0.25, -0.2) is 49.8 Å². The number of aromatic nitrogens is 10. The van der Waals surface area contributed by atoms with E-state index < -0.39 is 0 Å². The van der Waals surface area contributed by atoms with Crippen molar-refractivity contribution in [2.24, 2.45) is 0 Å². The fourth-order valence-corrected chi connectivity index (χ4v) is 19.1. The highest BCUT2D eigenvalue weighted by Gasteiger charge is 2.29. The van der Waals surface area contributed by atoms with Crippen LogP contribution < -0.4 is 0 Å². The van der Waals surface area contributed by atoms with Crippen molar-refractivity contribution < 1.29 is 13.3 Å². The van der Waals surface area contributed by atoms with Crippen molar-refractivity contribution in [3.63, 3.8) is 0 Å². The number of nitrogens with zero attached hydrogens (tertiary/aromatic N) is 10. The van der Waals surface area contributed by atoms with Crippen molar-refractivity contribution in [2.75, 3.05) is 0 Å². The van der Waals surface area contributed by atoms with E-state index in [1.807, 2.05) is 78.9 Å². The molecule has 0 unspecified atom stereocenters. The number of hydrogen-bond donors (Lipinski definition) is 0. The summed E-state index contributed by atoms with van der Waals surface area (Å²) in [5.74, 6) is 2.53. The van der Waals surface area contributed by atoms with Crippen molar-refractivity contribution in [3.8, 4) is 67.4 Å². The molecule has 0 amide bonds. The molecule has 0 saturated carbocycles. The summed E-state index contributed by atoms with van der Waals surface area (Å²) < 4.78 is 23.3. The molecule has 13 nitrogen and oxygen atoms in total. The highest BCUT2D eigenvalue weighted by atomic mass is 32.1. The molecule has 135 heavy (non-hydrogen) atoms. The molecular weight excluding hydrogens is 1690 g/mol. The van der Waals surface area contributed by atoms with E-state index in [9.17, 15) is 0 Å². The molecule has 0 fully saturated rings. The third-order valence-corrected chi connectivity index (χ3v) is 25.7. The monoisotopic (exact) mass is 1790 g/mol. The van der Waals surface area contributed by atoms with Crippen LogP contribution in [0.5, 0.6) is 0 Å². The molecule has 25 aromatic rings. The summed E-state index contributed by atoms with van der Waals surface area (Å²) in [6.07, 6.45) is 5.78. The van der Waals surface area contributed by atoms with Crippen LogP contribution >= 0.6 is 22.7 Å². The first kappa shape index (κ1) is 88.8. The minimum Gasteiger partial charge on any atom is -0.452 e. The van der Waals surface area contributed by atoms with Crippen molar-refractivity contribution >= 4 is 173 Å². The van der Waals surface area contributed by atoms with E-state index in [0.717, 1.165) is 150 Å². The third kappa shape index (κ3) is 18.2. The van der Waals surface area contributed by atoms with E-state index >= 15 is 0 Å². The predicted molar refractivity (Wildman–Crippen MR) is 568 cm³/mol. The van der Waals surface area contributed by atoms with Crippen LogP contribution in [-0.2, 0) is 16.2 Å². The highest BCUT2D eigenvalue weighted by Crippen LogP contribution is 2.46. The van der Waals surface area contributed by atoms with Crippen LogP contribution in [0.15, 0.2) is 372 Å². The summed E-state index contributed by atoms with van der Waals surface area (Å²) in [5, 5.41) is 15.2. The zero-order valence-corrected chi connectivity index (χ0v) is 79.6. The molecule has 0 saturated heterocycles. The van der Waals surface area contributed by atoms with E-state index in [1.54, 1.807) is 35.3 Å². The summed E-state index contributed by atoms with van der Waals surface area (Å²) in [7, 11) is 0. The van der Waals surface area contributed by atoms with Crippen LogP contribution in [0, 0.1) is 0 Å². The fraction of sp³-hybridized carbons (Fsp3) is 0.150. The molecule has 662 valence electrons. The molecule has 0 aliphatic rings. The Hall–Kier alpha value is -15.4. The van der Waals surface area contributed by atoms with Crippen molar-refractivity contribution in [1.82, 2.24) is 49.8 Å². The summed E-state index contributed by atoms with van der Waals surface area (Å²) in [6.45, 7) is 27.9. The summed E-state index contributed by atoms with van der Waals surface area (Å²) in [4.78, 5) is 47.8. The van der Waals surface area contributed by atoms with Gasteiger partial charge in [0.05, 0.1) is 31.8 Å². The molecule has 0 bridgehead atoms. The van der Waals surface area contributed by atoms with Gasteiger partial charge in [-0.15, -0.1) is 22.7 Å². The van der Waals surface area contributed by atoms with Crippen LogP contribution in [0.1, 0.15) is 120 Å². The van der Waals surface area contributed by atoms with E-state index in [1.165, 1.54) is 97.5 Å². The van der Waals surface area contributed by atoms with Gasteiger partial charge in [0.2, 0.25) is 0 Å². The Morgan fingerprint density at radius 2 is 0.556 bits per heavy atom. The second-order valence-corrected chi connectivity index (χ2v) is 38.9. The van der Waals surface area contributed by atoms with Gasteiger partial charge in [-0.2, -0.15) is 0 Å². The number of furan rings is 3. The third-order valence-electron chi connectivity index (χ3n) is 23.4. The van der Waals surface area contributed by atoms with Gasteiger partial charge in [-0.3, -0.25) is 0 Å². The van der Waals surface area contributed by atoms with Gasteiger partial charge in [0.1, 0.15) is 80.5 Å². The largest absolute Gasteiger partial charge is 0.452 e. The highest BCUT2D eigenvalue weighted by molar-refractivity contribution is 7.26. The van der Waals surface area contributed by atoms with Gasteiger partial charge >= 0.3 is 0 Å². The van der Waals surface area contributed by atoms with Gasteiger partial charge in [0.15, 0.2) is 16.7 Å². The van der Waals surface area contributed by atoms with Gasteiger partial charge in [-0.05, 0) is 115 Å². The molecule has 10 aromatic heterocycles. The number of para-hydroxylation sites is 3. The first-order chi connectivity index (χ1) is 65.7. The number of benzene rings is 15.